The number of amides is 1. The second-order valence-corrected chi connectivity index (χ2v) is 9.24. The first kappa shape index (κ1) is 21.0. The SMILES string of the molecule is O=C(C1CCN(c2nc3ccccc3n3cccc23)CC1)N1CCN(c2ccc(F)cc2)CC1. The van der Waals surface area contributed by atoms with E-state index in [1.807, 2.05) is 29.2 Å². The van der Waals surface area contributed by atoms with Crippen LogP contribution < -0.4 is 9.80 Å². The number of benzene rings is 2. The number of carbonyl (C=O) groups is 1. The highest BCUT2D eigenvalue weighted by molar-refractivity contribution is 5.85. The Labute approximate surface area is 198 Å². The maximum atomic E-state index is 13.2. The van der Waals surface area contributed by atoms with Gasteiger partial charge in [-0.25, -0.2) is 9.37 Å². The highest BCUT2D eigenvalue weighted by atomic mass is 19.1. The number of para-hydroxylation sites is 2. The number of piperidine rings is 1. The van der Waals surface area contributed by atoms with Crippen molar-refractivity contribution in [2.45, 2.75) is 12.8 Å². The molecule has 0 aliphatic carbocycles. The number of hydrogen-bond donors (Lipinski definition) is 0. The summed E-state index contributed by atoms with van der Waals surface area (Å²) in [5, 5.41) is 0. The first-order valence-corrected chi connectivity index (χ1v) is 12.1. The summed E-state index contributed by atoms with van der Waals surface area (Å²) in [5.74, 6) is 1.12. The van der Waals surface area contributed by atoms with Crippen molar-refractivity contribution in [2.75, 3.05) is 49.1 Å². The molecule has 6 rings (SSSR count). The van der Waals surface area contributed by atoms with Crippen molar-refractivity contribution < 1.29 is 9.18 Å². The Bertz CT molecular complexity index is 1320. The lowest BCUT2D eigenvalue weighted by Gasteiger charge is -2.39. The van der Waals surface area contributed by atoms with Crippen molar-refractivity contribution in [3.63, 3.8) is 0 Å². The van der Waals surface area contributed by atoms with Crippen molar-refractivity contribution in [3.05, 3.63) is 72.7 Å². The minimum absolute atomic E-state index is 0.0666. The molecule has 0 bridgehead atoms. The fourth-order valence-electron chi connectivity index (χ4n) is 5.37. The molecule has 0 unspecified atom stereocenters. The zero-order valence-electron chi connectivity index (χ0n) is 19.1. The average molecular weight is 458 g/mol. The number of piperazine rings is 1. The van der Waals surface area contributed by atoms with Crippen LogP contribution in [0.2, 0.25) is 0 Å². The van der Waals surface area contributed by atoms with E-state index in [1.54, 1.807) is 0 Å². The third kappa shape index (κ3) is 3.75. The van der Waals surface area contributed by atoms with Gasteiger partial charge in [0.05, 0.1) is 16.6 Å². The van der Waals surface area contributed by atoms with Crippen molar-refractivity contribution >= 4 is 34.0 Å². The predicted octanol–water partition coefficient (Wildman–Crippen LogP) is 4.19. The topological polar surface area (TPSA) is 44.1 Å². The second kappa shape index (κ2) is 8.63. The van der Waals surface area contributed by atoms with Crippen LogP contribution in [0.1, 0.15) is 12.8 Å². The number of anilines is 2. The van der Waals surface area contributed by atoms with E-state index in [9.17, 15) is 9.18 Å². The molecule has 2 aliphatic rings. The maximum Gasteiger partial charge on any atom is 0.225 e. The number of nitrogens with zero attached hydrogens (tertiary/aromatic N) is 5. The summed E-state index contributed by atoms with van der Waals surface area (Å²) in [6.45, 7) is 4.66. The van der Waals surface area contributed by atoms with Gasteiger partial charge in [-0.3, -0.25) is 4.79 Å². The lowest BCUT2D eigenvalue weighted by Crippen LogP contribution is -2.51. The van der Waals surface area contributed by atoms with Gasteiger partial charge in [0.25, 0.3) is 0 Å². The van der Waals surface area contributed by atoms with Crippen molar-refractivity contribution in [1.82, 2.24) is 14.3 Å². The predicted molar refractivity (Wildman–Crippen MR) is 133 cm³/mol. The molecule has 6 nitrogen and oxygen atoms in total. The van der Waals surface area contributed by atoms with Gasteiger partial charge in [-0.05, 0) is 61.4 Å². The van der Waals surface area contributed by atoms with E-state index in [2.05, 4.69) is 44.7 Å². The monoisotopic (exact) mass is 457 g/mol. The quantitative estimate of drug-likeness (QED) is 0.463. The highest BCUT2D eigenvalue weighted by Crippen LogP contribution is 2.30. The zero-order valence-corrected chi connectivity index (χ0v) is 19.1. The van der Waals surface area contributed by atoms with Crippen LogP contribution in [0, 0.1) is 11.7 Å². The molecule has 4 heterocycles. The average Bonchev–Trinajstić information content (AvgIpc) is 3.39. The fourth-order valence-corrected chi connectivity index (χ4v) is 5.37. The maximum absolute atomic E-state index is 13.2. The van der Waals surface area contributed by atoms with Gasteiger partial charge in [-0.2, -0.15) is 0 Å². The Morgan fingerprint density at radius 3 is 2.26 bits per heavy atom. The van der Waals surface area contributed by atoms with E-state index in [1.165, 1.54) is 12.1 Å². The highest BCUT2D eigenvalue weighted by Gasteiger charge is 2.31. The van der Waals surface area contributed by atoms with Gasteiger partial charge in [0.1, 0.15) is 5.82 Å². The molecule has 0 spiro atoms. The van der Waals surface area contributed by atoms with E-state index < -0.39 is 0 Å². The number of rotatable bonds is 3. The van der Waals surface area contributed by atoms with Gasteiger partial charge in [0.2, 0.25) is 5.91 Å². The van der Waals surface area contributed by atoms with E-state index in [4.69, 9.17) is 4.98 Å². The molecule has 34 heavy (non-hydrogen) atoms. The smallest absolute Gasteiger partial charge is 0.225 e. The van der Waals surface area contributed by atoms with Crippen molar-refractivity contribution in [2.24, 2.45) is 5.92 Å². The van der Waals surface area contributed by atoms with E-state index >= 15 is 0 Å². The Kier molecular flexibility index (Phi) is 5.32. The van der Waals surface area contributed by atoms with Crippen LogP contribution in [-0.2, 0) is 4.79 Å². The van der Waals surface area contributed by atoms with Crippen LogP contribution in [0.4, 0.5) is 15.9 Å². The Morgan fingerprint density at radius 1 is 0.794 bits per heavy atom. The van der Waals surface area contributed by atoms with Crippen LogP contribution in [0.15, 0.2) is 66.9 Å². The molecule has 2 aromatic carbocycles. The summed E-state index contributed by atoms with van der Waals surface area (Å²) in [6.07, 6.45) is 3.78. The Hall–Kier alpha value is -3.61. The largest absolute Gasteiger partial charge is 0.368 e. The molecule has 2 aliphatic heterocycles. The normalized spacial score (nSPS) is 17.6. The summed E-state index contributed by atoms with van der Waals surface area (Å²) >= 11 is 0. The molecular formula is C27H28FN5O. The zero-order chi connectivity index (χ0) is 23.1. The minimum atomic E-state index is -0.222. The summed E-state index contributed by atoms with van der Waals surface area (Å²) < 4.78 is 15.4. The molecule has 0 atom stereocenters. The van der Waals surface area contributed by atoms with Gasteiger partial charge in [-0.15, -0.1) is 0 Å². The number of halogens is 1. The molecule has 2 aromatic heterocycles. The molecule has 2 saturated heterocycles. The molecule has 4 aromatic rings. The second-order valence-electron chi connectivity index (χ2n) is 9.24. The van der Waals surface area contributed by atoms with E-state index in [-0.39, 0.29) is 17.6 Å². The Morgan fingerprint density at radius 2 is 1.50 bits per heavy atom. The summed E-state index contributed by atoms with van der Waals surface area (Å²) in [5.41, 5.74) is 4.22. The molecule has 1 amide bonds. The third-order valence-corrected chi connectivity index (χ3v) is 7.27. The minimum Gasteiger partial charge on any atom is -0.368 e. The van der Waals surface area contributed by atoms with E-state index in [0.29, 0.717) is 13.1 Å². The van der Waals surface area contributed by atoms with Crippen molar-refractivity contribution in [1.29, 1.82) is 0 Å². The molecule has 0 saturated carbocycles. The molecular weight excluding hydrogens is 429 g/mol. The van der Waals surface area contributed by atoms with Crippen molar-refractivity contribution in [3.8, 4) is 0 Å². The van der Waals surface area contributed by atoms with E-state index in [0.717, 1.165) is 67.1 Å². The summed E-state index contributed by atoms with van der Waals surface area (Å²) in [6, 6.07) is 19.0. The van der Waals surface area contributed by atoms with Crippen LogP contribution in [0.25, 0.3) is 16.6 Å². The fraction of sp³-hybridized carbons (Fsp3) is 0.333. The molecule has 174 valence electrons. The summed E-state index contributed by atoms with van der Waals surface area (Å²) in [4.78, 5) is 24.8. The van der Waals surface area contributed by atoms with Gasteiger partial charge in [-0.1, -0.05) is 12.1 Å². The lowest BCUT2D eigenvalue weighted by atomic mass is 9.95. The lowest BCUT2D eigenvalue weighted by molar-refractivity contribution is -0.136. The standard InChI is InChI=1S/C27H28FN5O/c28-21-7-9-22(10-8-21)30-16-18-32(19-17-30)27(34)20-11-14-31(15-12-20)26-25-6-3-13-33(25)24-5-2-1-4-23(24)29-26/h1-10,13,20H,11-12,14-19H2. The van der Waals surface area contributed by atoms with Gasteiger partial charge in [0, 0.05) is 57.1 Å². The number of hydrogen-bond acceptors (Lipinski definition) is 4. The molecule has 7 heteroatoms. The third-order valence-electron chi connectivity index (χ3n) is 7.27. The first-order valence-electron chi connectivity index (χ1n) is 12.1. The van der Waals surface area contributed by atoms with Crippen LogP contribution in [0.5, 0.6) is 0 Å². The number of aromatic nitrogens is 2. The number of carbonyl (C=O) groups excluding carboxylic acids is 1. The molecule has 0 radical (unpaired) electrons. The van der Waals surface area contributed by atoms with Crippen LogP contribution in [0.3, 0.4) is 0 Å². The number of fused-ring (bicyclic) bond motifs is 3. The Balaban J connectivity index is 1.10. The molecule has 2 fully saturated rings. The van der Waals surface area contributed by atoms with Gasteiger partial charge in [0.15, 0.2) is 5.82 Å². The first-order chi connectivity index (χ1) is 16.7. The molecule has 0 N–H and O–H groups in total. The van der Waals surface area contributed by atoms with Crippen LogP contribution >= 0.6 is 0 Å². The van der Waals surface area contributed by atoms with Gasteiger partial charge >= 0.3 is 0 Å². The summed E-state index contributed by atoms with van der Waals surface area (Å²) in [7, 11) is 0. The van der Waals surface area contributed by atoms with Crippen LogP contribution in [-0.4, -0.2) is 59.5 Å². The van der Waals surface area contributed by atoms with Gasteiger partial charge < -0.3 is 19.1 Å².